The predicted octanol–water partition coefficient (Wildman–Crippen LogP) is 2.43. The SMILES string of the molecule is CN1CCc2nc(NC(=O)CC3C=CCC3)sc2C1. The van der Waals surface area contributed by atoms with Gasteiger partial charge in [0.1, 0.15) is 0 Å². The molecule has 4 nitrogen and oxygen atoms in total. The molecule has 0 fully saturated rings. The predicted molar refractivity (Wildman–Crippen MR) is 77.3 cm³/mol. The molecule has 1 atom stereocenters. The average Bonchev–Trinajstić information content (AvgIpc) is 2.97. The second-order valence-corrected chi connectivity index (χ2v) is 6.48. The molecule has 102 valence electrons. The van der Waals surface area contributed by atoms with Crippen molar-refractivity contribution < 1.29 is 4.79 Å². The lowest BCUT2D eigenvalue weighted by molar-refractivity contribution is -0.116. The molecule has 19 heavy (non-hydrogen) atoms. The normalized spacial score (nSPS) is 22.5. The lowest BCUT2D eigenvalue weighted by Crippen LogP contribution is -2.25. The van der Waals surface area contributed by atoms with Gasteiger partial charge in [-0.2, -0.15) is 0 Å². The maximum atomic E-state index is 12.0. The van der Waals surface area contributed by atoms with E-state index in [0.29, 0.717) is 12.3 Å². The molecule has 0 bridgehead atoms. The molecule has 5 heteroatoms. The van der Waals surface area contributed by atoms with Gasteiger partial charge in [-0.05, 0) is 25.8 Å². The molecule has 3 rings (SSSR count). The number of hydrogen-bond acceptors (Lipinski definition) is 4. The van der Waals surface area contributed by atoms with Crippen molar-refractivity contribution >= 4 is 22.4 Å². The zero-order valence-corrected chi connectivity index (χ0v) is 12.0. The van der Waals surface area contributed by atoms with Crippen LogP contribution in [0.2, 0.25) is 0 Å². The number of likely N-dealkylation sites (N-methyl/N-ethyl adjacent to an activating group) is 1. The van der Waals surface area contributed by atoms with Crippen molar-refractivity contribution in [2.75, 3.05) is 18.9 Å². The Kier molecular flexibility index (Phi) is 3.66. The van der Waals surface area contributed by atoms with E-state index in [9.17, 15) is 4.79 Å². The van der Waals surface area contributed by atoms with Gasteiger partial charge in [-0.15, -0.1) is 11.3 Å². The van der Waals surface area contributed by atoms with Crippen LogP contribution in [-0.4, -0.2) is 29.4 Å². The molecule has 1 aliphatic heterocycles. The molecule has 0 radical (unpaired) electrons. The van der Waals surface area contributed by atoms with E-state index in [1.165, 1.54) is 10.6 Å². The van der Waals surface area contributed by atoms with E-state index in [1.54, 1.807) is 11.3 Å². The number of nitrogens with one attached hydrogen (secondary N) is 1. The first-order valence-corrected chi connectivity index (χ1v) is 7.66. The fraction of sp³-hybridized carbons (Fsp3) is 0.571. The minimum Gasteiger partial charge on any atom is -0.302 e. The van der Waals surface area contributed by atoms with Crippen molar-refractivity contribution in [3.8, 4) is 0 Å². The number of rotatable bonds is 3. The van der Waals surface area contributed by atoms with Gasteiger partial charge in [0, 0.05) is 30.8 Å². The third kappa shape index (κ3) is 3.04. The summed E-state index contributed by atoms with van der Waals surface area (Å²) in [7, 11) is 2.12. The fourth-order valence-electron chi connectivity index (χ4n) is 2.65. The number of fused-ring (bicyclic) bond motifs is 1. The van der Waals surface area contributed by atoms with E-state index in [-0.39, 0.29) is 5.91 Å². The highest BCUT2D eigenvalue weighted by atomic mass is 32.1. The first-order valence-electron chi connectivity index (χ1n) is 6.84. The maximum absolute atomic E-state index is 12.0. The van der Waals surface area contributed by atoms with E-state index >= 15 is 0 Å². The lowest BCUT2D eigenvalue weighted by atomic mass is 10.1. The molecular formula is C14H19N3OS. The van der Waals surface area contributed by atoms with Crippen molar-refractivity contribution in [1.29, 1.82) is 0 Å². The van der Waals surface area contributed by atoms with Crippen LogP contribution in [0, 0.1) is 5.92 Å². The third-order valence-electron chi connectivity index (χ3n) is 3.73. The number of amides is 1. The van der Waals surface area contributed by atoms with Gasteiger partial charge < -0.3 is 10.2 Å². The van der Waals surface area contributed by atoms with Crippen LogP contribution in [0.1, 0.15) is 29.8 Å². The molecule has 1 aromatic rings. The molecule has 0 saturated heterocycles. The molecular weight excluding hydrogens is 258 g/mol. The second kappa shape index (κ2) is 5.43. The Hall–Kier alpha value is -1.20. The zero-order valence-electron chi connectivity index (χ0n) is 11.2. The van der Waals surface area contributed by atoms with Crippen molar-refractivity contribution in [3.05, 3.63) is 22.7 Å². The number of anilines is 1. The number of thiazole rings is 1. The number of allylic oxidation sites excluding steroid dienone is 2. The highest BCUT2D eigenvalue weighted by Crippen LogP contribution is 2.28. The van der Waals surface area contributed by atoms with Crippen LogP contribution in [0.4, 0.5) is 5.13 Å². The van der Waals surface area contributed by atoms with Crippen molar-refractivity contribution in [2.45, 2.75) is 32.2 Å². The maximum Gasteiger partial charge on any atom is 0.226 e. The number of aromatic nitrogens is 1. The Labute approximate surface area is 117 Å². The summed E-state index contributed by atoms with van der Waals surface area (Å²) in [6.07, 6.45) is 8.10. The molecule has 1 unspecified atom stereocenters. The van der Waals surface area contributed by atoms with Crippen molar-refractivity contribution in [1.82, 2.24) is 9.88 Å². The summed E-state index contributed by atoms with van der Waals surface area (Å²) in [6.45, 7) is 2.01. The first kappa shape index (κ1) is 12.8. The Morgan fingerprint density at radius 3 is 3.32 bits per heavy atom. The lowest BCUT2D eigenvalue weighted by Gasteiger charge is -2.20. The van der Waals surface area contributed by atoms with E-state index in [0.717, 1.165) is 37.5 Å². The second-order valence-electron chi connectivity index (χ2n) is 5.39. The highest BCUT2D eigenvalue weighted by Gasteiger charge is 2.20. The van der Waals surface area contributed by atoms with Crippen LogP contribution in [0.3, 0.4) is 0 Å². The summed E-state index contributed by atoms with van der Waals surface area (Å²) in [6, 6.07) is 0. The van der Waals surface area contributed by atoms with Gasteiger partial charge in [-0.1, -0.05) is 12.2 Å². The van der Waals surface area contributed by atoms with Gasteiger partial charge in [-0.25, -0.2) is 4.98 Å². The third-order valence-corrected chi connectivity index (χ3v) is 4.73. The van der Waals surface area contributed by atoms with E-state index in [2.05, 4.69) is 34.4 Å². The summed E-state index contributed by atoms with van der Waals surface area (Å²) < 4.78 is 0. The Bertz CT molecular complexity index is 509. The van der Waals surface area contributed by atoms with Crippen LogP contribution >= 0.6 is 11.3 Å². The Balaban J connectivity index is 1.60. The monoisotopic (exact) mass is 277 g/mol. The number of hydrogen-bond donors (Lipinski definition) is 1. The zero-order chi connectivity index (χ0) is 13.2. The average molecular weight is 277 g/mol. The minimum absolute atomic E-state index is 0.0935. The van der Waals surface area contributed by atoms with Gasteiger partial charge in [0.25, 0.3) is 0 Å². The van der Waals surface area contributed by atoms with E-state index in [4.69, 9.17) is 0 Å². The summed E-state index contributed by atoms with van der Waals surface area (Å²) in [5.74, 6) is 0.511. The van der Waals surface area contributed by atoms with Gasteiger partial charge in [0.15, 0.2) is 5.13 Å². The summed E-state index contributed by atoms with van der Waals surface area (Å²) in [5.41, 5.74) is 1.17. The largest absolute Gasteiger partial charge is 0.302 e. The molecule has 1 aromatic heterocycles. The summed E-state index contributed by atoms with van der Waals surface area (Å²) in [4.78, 5) is 20.1. The van der Waals surface area contributed by atoms with Crippen molar-refractivity contribution in [2.24, 2.45) is 5.92 Å². The van der Waals surface area contributed by atoms with Crippen molar-refractivity contribution in [3.63, 3.8) is 0 Å². The molecule has 2 heterocycles. The quantitative estimate of drug-likeness (QED) is 0.863. The highest BCUT2D eigenvalue weighted by molar-refractivity contribution is 7.15. The van der Waals surface area contributed by atoms with Crippen LogP contribution in [0.5, 0.6) is 0 Å². The van der Waals surface area contributed by atoms with Gasteiger partial charge in [0.05, 0.1) is 5.69 Å². The van der Waals surface area contributed by atoms with E-state index < -0.39 is 0 Å². The number of carbonyl (C=O) groups excluding carboxylic acids is 1. The standard InChI is InChI=1S/C14H19N3OS/c1-17-7-6-11-12(9-17)19-14(15-11)16-13(18)8-10-4-2-3-5-10/h2,4,10H,3,5-9H2,1H3,(H,15,16,18). The summed E-state index contributed by atoms with van der Waals surface area (Å²) in [5, 5.41) is 3.73. The molecule has 0 saturated carbocycles. The van der Waals surface area contributed by atoms with Gasteiger partial charge in [0.2, 0.25) is 5.91 Å². The molecule has 1 N–H and O–H groups in total. The minimum atomic E-state index is 0.0935. The van der Waals surface area contributed by atoms with Crippen LogP contribution < -0.4 is 5.32 Å². The number of carbonyl (C=O) groups is 1. The molecule has 1 amide bonds. The van der Waals surface area contributed by atoms with Gasteiger partial charge >= 0.3 is 0 Å². The fourth-order valence-corrected chi connectivity index (χ4v) is 3.75. The topological polar surface area (TPSA) is 45.2 Å². The number of nitrogens with zero attached hydrogens (tertiary/aromatic N) is 2. The van der Waals surface area contributed by atoms with Gasteiger partial charge in [-0.3, -0.25) is 4.79 Å². The molecule has 0 aromatic carbocycles. The smallest absolute Gasteiger partial charge is 0.226 e. The molecule has 0 spiro atoms. The molecule has 2 aliphatic rings. The molecule has 1 aliphatic carbocycles. The Morgan fingerprint density at radius 2 is 2.53 bits per heavy atom. The van der Waals surface area contributed by atoms with Crippen LogP contribution in [-0.2, 0) is 17.8 Å². The Morgan fingerprint density at radius 1 is 1.63 bits per heavy atom. The van der Waals surface area contributed by atoms with Crippen LogP contribution in [0.15, 0.2) is 12.2 Å². The van der Waals surface area contributed by atoms with Crippen LogP contribution in [0.25, 0.3) is 0 Å². The van der Waals surface area contributed by atoms with E-state index in [1.807, 2.05) is 0 Å². The first-order chi connectivity index (χ1) is 9.20. The summed E-state index contributed by atoms with van der Waals surface area (Å²) >= 11 is 1.62.